The van der Waals surface area contributed by atoms with Gasteiger partial charge in [0.2, 0.25) is 10.0 Å². The fraction of sp³-hybridized carbons (Fsp3) is 0.333. The largest absolute Gasteiger partial charge is 0.388 e. The van der Waals surface area contributed by atoms with Crippen LogP contribution in [0.25, 0.3) is 0 Å². The van der Waals surface area contributed by atoms with Crippen molar-refractivity contribution < 1.29 is 13.5 Å². The number of benzene rings is 1. The van der Waals surface area contributed by atoms with Crippen LogP contribution in [0.4, 0.5) is 0 Å². The van der Waals surface area contributed by atoms with Gasteiger partial charge in [0.15, 0.2) is 0 Å². The zero-order chi connectivity index (χ0) is 10.3. The van der Waals surface area contributed by atoms with E-state index in [1.54, 1.807) is 12.1 Å². The number of rotatable bonds is 1. The van der Waals surface area contributed by atoms with Gasteiger partial charge in [-0.05, 0) is 36.1 Å². The SMILES string of the molecule is NS(=O)(=O)c1ccc2c(c1)CCC2O. The molecule has 1 aromatic rings. The maximum atomic E-state index is 11.0. The first-order chi connectivity index (χ1) is 6.48. The Morgan fingerprint density at radius 2 is 2.14 bits per heavy atom. The normalized spacial score (nSPS) is 20.9. The number of aliphatic hydroxyl groups excluding tert-OH is 1. The van der Waals surface area contributed by atoms with Crippen LogP contribution in [0.2, 0.25) is 0 Å². The summed E-state index contributed by atoms with van der Waals surface area (Å²) in [5.41, 5.74) is 1.70. The maximum absolute atomic E-state index is 11.0. The van der Waals surface area contributed by atoms with Gasteiger partial charge < -0.3 is 5.11 Å². The topological polar surface area (TPSA) is 80.4 Å². The Balaban J connectivity index is 2.53. The summed E-state index contributed by atoms with van der Waals surface area (Å²) >= 11 is 0. The summed E-state index contributed by atoms with van der Waals surface area (Å²) in [6.45, 7) is 0. The van der Waals surface area contributed by atoms with Gasteiger partial charge in [-0.2, -0.15) is 0 Å². The van der Waals surface area contributed by atoms with Gasteiger partial charge in [-0.15, -0.1) is 0 Å². The molecule has 0 saturated heterocycles. The number of primary sulfonamides is 1. The molecule has 0 bridgehead atoms. The van der Waals surface area contributed by atoms with Crippen LogP contribution < -0.4 is 5.14 Å². The Hall–Kier alpha value is -0.910. The number of aryl methyl sites for hydroxylation is 1. The molecule has 0 saturated carbocycles. The van der Waals surface area contributed by atoms with Crippen LogP contribution in [0.3, 0.4) is 0 Å². The average Bonchev–Trinajstić information content (AvgIpc) is 2.46. The fourth-order valence-corrected chi connectivity index (χ4v) is 2.31. The molecule has 1 unspecified atom stereocenters. The molecule has 1 aromatic carbocycles. The monoisotopic (exact) mass is 213 g/mol. The van der Waals surface area contributed by atoms with Gasteiger partial charge in [-0.3, -0.25) is 0 Å². The summed E-state index contributed by atoms with van der Waals surface area (Å²) in [5.74, 6) is 0. The van der Waals surface area contributed by atoms with E-state index in [9.17, 15) is 13.5 Å². The minimum atomic E-state index is -3.62. The van der Waals surface area contributed by atoms with Gasteiger partial charge in [0.05, 0.1) is 11.0 Å². The molecule has 3 N–H and O–H groups in total. The first-order valence-corrected chi connectivity index (χ1v) is 5.87. The first-order valence-electron chi connectivity index (χ1n) is 4.32. The average molecular weight is 213 g/mol. The molecule has 1 aliphatic carbocycles. The van der Waals surface area contributed by atoms with E-state index >= 15 is 0 Å². The third kappa shape index (κ3) is 1.54. The highest BCUT2D eigenvalue weighted by Crippen LogP contribution is 2.31. The van der Waals surface area contributed by atoms with Crippen LogP contribution in [0.15, 0.2) is 23.1 Å². The first kappa shape index (κ1) is 9.64. The van der Waals surface area contributed by atoms with Crippen molar-refractivity contribution in [2.24, 2.45) is 5.14 Å². The lowest BCUT2D eigenvalue weighted by molar-refractivity contribution is 0.180. The summed E-state index contributed by atoms with van der Waals surface area (Å²) in [7, 11) is -3.62. The van der Waals surface area contributed by atoms with Crippen LogP contribution in [0.1, 0.15) is 23.7 Å². The third-order valence-corrected chi connectivity index (χ3v) is 3.40. The molecule has 0 aliphatic heterocycles. The molecule has 2 rings (SSSR count). The van der Waals surface area contributed by atoms with Gasteiger partial charge in [0, 0.05) is 0 Å². The van der Waals surface area contributed by atoms with Crippen molar-refractivity contribution in [3.63, 3.8) is 0 Å². The number of sulfonamides is 1. The maximum Gasteiger partial charge on any atom is 0.238 e. The number of aliphatic hydroxyl groups is 1. The molecule has 5 heteroatoms. The molecule has 4 nitrogen and oxygen atoms in total. The second-order valence-corrected chi connectivity index (χ2v) is 5.02. The van der Waals surface area contributed by atoms with Crippen molar-refractivity contribution in [1.82, 2.24) is 0 Å². The molecule has 0 aromatic heterocycles. The molecule has 76 valence electrons. The minimum Gasteiger partial charge on any atom is -0.388 e. The summed E-state index contributed by atoms with van der Waals surface area (Å²) in [6.07, 6.45) is 0.906. The Morgan fingerprint density at radius 3 is 2.79 bits per heavy atom. The molecule has 0 radical (unpaired) electrons. The predicted octanol–water partition coefficient (Wildman–Crippen LogP) is 0.314. The molecule has 14 heavy (non-hydrogen) atoms. The lowest BCUT2D eigenvalue weighted by atomic mass is 10.1. The van der Waals surface area contributed by atoms with Crippen LogP contribution >= 0.6 is 0 Å². The standard InChI is InChI=1S/C9H11NO3S/c10-14(12,13)7-2-3-8-6(5-7)1-4-9(8)11/h2-3,5,9,11H,1,4H2,(H2,10,12,13). The second-order valence-electron chi connectivity index (χ2n) is 3.46. The van der Waals surface area contributed by atoms with Gasteiger partial charge in [0.25, 0.3) is 0 Å². The van der Waals surface area contributed by atoms with Crippen LogP contribution in [-0.2, 0) is 16.4 Å². The molecule has 0 heterocycles. The van der Waals surface area contributed by atoms with Gasteiger partial charge in [-0.1, -0.05) is 6.07 Å². The van der Waals surface area contributed by atoms with Gasteiger partial charge in [0.1, 0.15) is 0 Å². The van der Waals surface area contributed by atoms with Crippen LogP contribution in [-0.4, -0.2) is 13.5 Å². The van der Waals surface area contributed by atoms with Crippen molar-refractivity contribution in [3.8, 4) is 0 Å². The van der Waals surface area contributed by atoms with E-state index in [4.69, 9.17) is 5.14 Å². The van der Waals surface area contributed by atoms with Crippen molar-refractivity contribution >= 4 is 10.0 Å². The molecular weight excluding hydrogens is 202 g/mol. The summed E-state index contributed by atoms with van der Waals surface area (Å²) in [4.78, 5) is 0.116. The number of nitrogens with two attached hydrogens (primary N) is 1. The molecule has 0 fully saturated rings. The zero-order valence-electron chi connectivity index (χ0n) is 7.47. The summed E-state index contributed by atoms with van der Waals surface area (Å²) in [6, 6.07) is 4.61. The van der Waals surface area contributed by atoms with E-state index < -0.39 is 16.1 Å². The van der Waals surface area contributed by atoms with E-state index in [2.05, 4.69) is 0 Å². The van der Waals surface area contributed by atoms with Crippen LogP contribution in [0.5, 0.6) is 0 Å². The quantitative estimate of drug-likeness (QED) is 0.704. The Labute approximate surface area is 82.4 Å². The molecular formula is C9H11NO3S. The lowest BCUT2D eigenvalue weighted by Gasteiger charge is -2.04. The highest BCUT2D eigenvalue weighted by atomic mass is 32.2. The van der Waals surface area contributed by atoms with E-state index in [0.29, 0.717) is 12.8 Å². The predicted molar refractivity (Wildman–Crippen MR) is 51.1 cm³/mol. The Kier molecular flexibility index (Phi) is 2.10. The smallest absolute Gasteiger partial charge is 0.238 e. The third-order valence-electron chi connectivity index (χ3n) is 2.49. The lowest BCUT2D eigenvalue weighted by Crippen LogP contribution is -2.12. The molecule has 0 spiro atoms. The fourth-order valence-electron chi connectivity index (χ4n) is 1.75. The Morgan fingerprint density at radius 1 is 1.43 bits per heavy atom. The van der Waals surface area contributed by atoms with E-state index in [0.717, 1.165) is 11.1 Å². The summed E-state index contributed by atoms with van der Waals surface area (Å²) in [5, 5.41) is 14.5. The van der Waals surface area contributed by atoms with E-state index in [-0.39, 0.29) is 4.90 Å². The van der Waals surface area contributed by atoms with Crippen LogP contribution in [0, 0.1) is 0 Å². The van der Waals surface area contributed by atoms with Gasteiger partial charge >= 0.3 is 0 Å². The van der Waals surface area contributed by atoms with Gasteiger partial charge in [-0.25, -0.2) is 13.6 Å². The van der Waals surface area contributed by atoms with Crippen molar-refractivity contribution in [2.45, 2.75) is 23.8 Å². The second kappa shape index (κ2) is 3.05. The highest BCUT2D eigenvalue weighted by molar-refractivity contribution is 7.89. The number of hydrogen-bond donors (Lipinski definition) is 2. The molecule has 1 atom stereocenters. The summed E-state index contributed by atoms with van der Waals surface area (Å²) < 4.78 is 22.1. The zero-order valence-corrected chi connectivity index (χ0v) is 8.29. The molecule has 1 aliphatic rings. The molecule has 0 amide bonds. The number of fused-ring (bicyclic) bond motifs is 1. The number of hydrogen-bond acceptors (Lipinski definition) is 3. The van der Waals surface area contributed by atoms with Crippen molar-refractivity contribution in [3.05, 3.63) is 29.3 Å². The highest BCUT2D eigenvalue weighted by Gasteiger charge is 2.21. The van der Waals surface area contributed by atoms with Crippen molar-refractivity contribution in [2.75, 3.05) is 0 Å². The minimum absolute atomic E-state index is 0.116. The van der Waals surface area contributed by atoms with E-state index in [1.165, 1.54) is 6.07 Å². The Bertz CT molecular complexity index is 467. The van der Waals surface area contributed by atoms with Crippen molar-refractivity contribution in [1.29, 1.82) is 0 Å². The van der Waals surface area contributed by atoms with E-state index in [1.807, 2.05) is 0 Å².